The van der Waals surface area contributed by atoms with E-state index in [1.165, 1.54) is 4.31 Å². The highest BCUT2D eigenvalue weighted by molar-refractivity contribution is 7.89. The van der Waals surface area contributed by atoms with Gasteiger partial charge < -0.3 is 19.1 Å². The van der Waals surface area contributed by atoms with E-state index in [1.807, 2.05) is 35.0 Å². The van der Waals surface area contributed by atoms with Crippen LogP contribution in [0.2, 0.25) is 0 Å². The normalized spacial score (nSPS) is 19.1. The summed E-state index contributed by atoms with van der Waals surface area (Å²) in [5.41, 5.74) is 0.922. The Morgan fingerprint density at radius 3 is 2.75 bits per heavy atom. The molecule has 1 aliphatic heterocycles. The fourth-order valence-corrected chi connectivity index (χ4v) is 4.20. The molecule has 2 heterocycles. The van der Waals surface area contributed by atoms with E-state index in [9.17, 15) is 8.42 Å². The predicted octanol–water partition coefficient (Wildman–Crippen LogP) is 1.34. The minimum absolute atomic E-state index is 0.0559. The number of methoxy groups -OCH3 is 1. The van der Waals surface area contributed by atoms with Crippen LogP contribution in [0.25, 0.3) is 11.4 Å². The second-order valence-electron chi connectivity index (χ2n) is 6.42. The number of sulfonamides is 1. The summed E-state index contributed by atoms with van der Waals surface area (Å²) in [6, 6.07) is 7.59. The Balaban J connectivity index is 0.000000878. The van der Waals surface area contributed by atoms with Crippen molar-refractivity contribution < 1.29 is 27.8 Å². The highest BCUT2D eigenvalue weighted by Gasteiger charge is 2.35. The Bertz CT molecular complexity index is 881. The lowest BCUT2D eigenvalue weighted by Crippen LogP contribution is -2.32. The molecular formula is C18H25N3O6S. The third kappa shape index (κ3) is 5.09. The SMILES string of the molecule is COc1cccc(-c2nccn2[C@@H]2COC[C@@H]2CS(=O)(=O)N(C)C)c1.O=CO. The van der Waals surface area contributed by atoms with Crippen molar-refractivity contribution in [3.63, 3.8) is 0 Å². The first-order chi connectivity index (χ1) is 13.3. The van der Waals surface area contributed by atoms with Gasteiger partial charge in [-0.25, -0.2) is 17.7 Å². The smallest absolute Gasteiger partial charge is 0.290 e. The summed E-state index contributed by atoms with van der Waals surface area (Å²) in [7, 11) is 1.44. The van der Waals surface area contributed by atoms with Gasteiger partial charge in [0.2, 0.25) is 10.0 Å². The zero-order valence-electron chi connectivity index (χ0n) is 16.1. The number of nitrogens with zero attached hydrogens (tertiary/aromatic N) is 3. The van der Waals surface area contributed by atoms with E-state index in [1.54, 1.807) is 27.4 Å². The zero-order chi connectivity index (χ0) is 20.7. The van der Waals surface area contributed by atoms with Crippen LogP contribution in [0.3, 0.4) is 0 Å². The van der Waals surface area contributed by atoms with Crippen molar-refractivity contribution in [3.8, 4) is 17.1 Å². The highest BCUT2D eigenvalue weighted by Crippen LogP contribution is 2.32. The van der Waals surface area contributed by atoms with Crippen molar-refractivity contribution in [3.05, 3.63) is 36.7 Å². The molecular weight excluding hydrogens is 386 g/mol. The fourth-order valence-electron chi connectivity index (χ4n) is 3.04. The first kappa shape index (κ1) is 21.9. The van der Waals surface area contributed by atoms with Gasteiger partial charge in [-0.1, -0.05) is 12.1 Å². The highest BCUT2D eigenvalue weighted by atomic mass is 32.2. The minimum Gasteiger partial charge on any atom is -0.497 e. The van der Waals surface area contributed by atoms with Crippen LogP contribution < -0.4 is 4.74 Å². The molecule has 1 aromatic heterocycles. The molecule has 0 radical (unpaired) electrons. The first-order valence-corrected chi connectivity index (χ1v) is 10.2. The number of rotatable bonds is 6. The van der Waals surface area contributed by atoms with Crippen LogP contribution >= 0.6 is 0 Å². The van der Waals surface area contributed by atoms with E-state index >= 15 is 0 Å². The van der Waals surface area contributed by atoms with Crippen molar-refractivity contribution in [1.82, 2.24) is 13.9 Å². The average Bonchev–Trinajstić information content (AvgIpc) is 3.30. The summed E-state index contributed by atoms with van der Waals surface area (Å²) in [4.78, 5) is 12.8. The number of imidazole rings is 1. The first-order valence-electron chi connectivity index (χ1n) is 8.57. The molecule has 3 rings (SSSR count). The number of carbonyl (C=O) groups is 1. The molecule has 1 saturated heterocycles. The molecule has 9 nitrogen and oxygen atoms in total. The molecule has 0 amide bonds. The van der Waals surface area contributed by atoms with E-state index in [2.05, 4.69) is 4.98 Å². The van der Waals surface area contributed by atoms with E-state index in [0.717, 1.165) is 17.1 Å². The molecule has 2 aromatic rings. The molecule has 0 unspecified atom stereocenters. The molecule has 10 heteroatoms. The molecule has 0 spiro atoms. The Morgan fingerprint density at radius 2 is 2.11 bits per heavy atom. The van der Waals surface area contributed by atoms with E-state index < -0.39 is 10.0 Å². The van der Waals surface area contributed by atoms with Gasteiger partial charge in [0.25, 0.3) is 6.47 Å². The van der Waals surface area contributed by atoms with Gasteiger partial charge in [-0.05, 0) is 12.1 Å². The topological polar surface area (TPSA) is 111 Å². The molecule has 0 saturated carbocycles. The monoisotopic (exact) mass is 411 g/mol. The van der Waals surface area contributed by atoms with Crippen molar-refractivity contribution in [2.24, 2.45) is 5.92 Å². The maximum atomic E-state index is 12.3. The van der Waals surface area contributed by atoms with Gasteiger partial charge in [0, 0.05) is 38.0 Å². The molecule has 154 valence electrons. The third-order valence-electron chi connectivity index (χ3n) is 4.50. The van der Waals surface area contributed by atoms with Gasteiger partial charge in [-0.15, -0.1) is 0 Å². The third-order valence-corrected chi connectivity index (χ3v) is 6.46. The molecule has 28 heavy (non-hydrogen) atoms. The minimum atomic E-state index is -3.29. The maximum Gasteiger partial charge on any atom is 0.290 e. The summed E-state index contributed by atoms with van der Waals surface area (Å²) in [6.07, 6.45) is 3.61. The lowest BCUT2D eigenvalue weighted by atomic mass is 10.1. The zero-order valence-corrected chi connectivity index (χ0v) is 16.9. The van der Waals surface area contributed by atoms with E-state index in [4.69, 9.17) is 19.4 Å². The van der Waals surface area contributed by atoms with Crippen LogP contribution in [0.15, 0.2) is 36.7 Å². The second-order valence-corrected chi connectivity index (χ2v) is 8.65. The Labute approximate surface area is 164 Å². The quantitative estimate of drug-likeness (QED) is 0.714. The van der Waals surface area contributed by atoms with Crippen molar-refractivity contribution in [2.75, 3.05) is 40.2 Å². The number of hydrogen-bond acceptors (Lipinski definition) is 6. The summed E-state index contributed by atoms with van der Waals surface area (Å²) < 4.78 is 38.7. The van der Waals surface area contributed by atoms with Gasteiger partial charge in [-0.2, -0.15) is 0 Å². The van der Waals surface area contributed by atoms with Crippen LogP contribution in [0, 0.1) is 5.92 Å². The summed E-state index contributed by atoms with van der Waals surface area (Å²) >= 11 is 0. The molecule has 0 bridgehead atoms. The molecule has 0 aliphatic carbocycles. The summed E-state index contributed by atoms with van der Waals surface area (Å²) in [5, 5.41) is 6.89. The van der Waals surface area contributed by atoms with Gasteiger partial charge in [0.05, 0.1) is 32.1 Å². The lowest BCUT2D eigenvalue weighted by molar-refractivity contribution is -0.122. The molecule has 1 aromatic carbocycles. The molecule has 1 fully saturated rings. The van der Waals surface area contributed by atoms with Crippen molar-refractivity contribution in [1.29, 1.82) is 0 Å². The van der Waals surface area contributed by atoms with Crippen molar-refractivity contribution in [2.45, 2.75) is 6.04 Å². The van der Waals surface area contributed by atoms with E-state index in [0.29, 0.717) is 13.2 Å². The predicted molar refractivity (Wildman–Crippen MR) is 104 cm³/mol. The Hall–Kier alpha value is -2.43. The van der Waals surface area contributed by atoms with Gasteiger partial charge in [0.15, 0.2) is 0 Å². The van der Waals surface area contributed by atoms with Gasteiger partial charge >= 0.3 is 0 Å². The second kappa shape index (κ2) is 9.67. The van der Waals surface area contributed by atoms with Crippen LogP contribution in [0.5, 0.6) is 5.75 Å². The number of aromatic nitrogens is 2. The standard InChI is InChI=1S/C17H23N3O4S.CH2O2/c1-19(2)25(21,22)12-14-10-24-11-16(14)20-8-7-18-17(20)13-5-4-6-15(9-13)23-3;2-1-3/h4-9,14,16H,10-12H2,1-3H3;1H,(H,2,3)/t14-,16-;/m1./s1. The van der Waals surface area contributed by atoms with Gasteiger partial charge in [0.1, 0.15) is 11.6 Å². The maximum absolute atomic E-state index is 12.3. The Kier molecular flexibility index (Phi) is 7.55. The van der Waals surface area contributed by atoms with Crippen LogP contribution in [0.4, 0.5) is 0 Å². The molecule has 1 N–H and O–H groups in total. The lowest BCUT2D eigenvalue weighted by Gasteiger charge is -2.22. The Morgan fingerprint density at radius 1 is 1.39 bits per heavy atom. The summed E-state index contributed by atoms with van der Waals surface area (Å²) in [5.74, 6) is 1.47. The fraction of sp³-hybridized carbons (Fsp3) is 0.444. The van der Waals surface area contributed by atoms with Crippen LogP contribution in [0.1, 0.15) is 6.04 Å². The number of benzene rings is 1. The average molecular weight is 411 g/mol. The van der Waals surface area contributed by atoms with E-state index in [-0.39, 0.29) is 24.2 Å². The molecule has 1 aliphatic rings. The molecule has 2 atom stereocenters. The van der Waals surface area contributed by atoms with Gasteiger partial charge in [-0.3, -0.25) is 4.79 Å². The largest absolute Gasteiger partial charge is 0.497 e. The van der Waals surface area contributed by atoms with Crippen LogP contribution in [-0.2, 0) is 19.6 Å². The number of ether oxygens (including phenoxy) is 2. The number of hydrogen-bond donors (Lipinski definition) is 1. The number of carboxylic acid groups (broad SMARTS) is 1. The summed E-state index contributed by atoms with van der Waals surface area (Å²) in [6.45, 7) is 0.647. The van der Waals surface area contributed by atoms with Crippen molar-refractivity contribution >= 4 is 16.5 Å². The van der Waals surface area contributed by atoms with Crippen LogP contribution in [-0.4, -0.2) is 74.0 Å².